The number of para-hydroxylation sites is 2. The Morgan fingerprint density at radius 2 is 1.70 bits per heavy atom. The third-order valence-corrected chi connectivity index (χ3v) is 5.25. The number of rotatable bonds is 10. The number of amides is 1. The molecule has 0 unspecified atom stereocenters. The quantitative estimate of drug-likeness (QED) is 0.368. The van der Waals surface area contributed by atoms with Gasteiger partial charge in [-0.15, -0.1) is 0 Å². The number of carbonyl (C=O) groups is 1. The molecule has 1 aromatic heterocycles. The van der Waals surface area contributed by atoms with E-state index in [1.54, 1.807) is 19.3 Å². The van der Waals surface area contributed by atoms with Crippen molar-refractivity contribution in [3.05, 3.63) is 96.3 Å². The van der Waals surface area contributed by atoms with Gasteiger partial charge in [-0.05, 0) is 48.0 Å². The summed E-state index contributed by atoms with van der Waals surface area (Å²) in [6.07, 6.45) is 3.99. The van der Waals surface area contributed by atoms with Crippen LogP contribution in [0.15, 0.2) is 84.9 Å². The maximum atomic E-state index is 12.2. The van der Waals surface area contributed by atoms with Gasteiger partial charge in [-0.25, -0.2) is 4.98 Å². The second-order valence-electron chi connectivity index (χ2n) is 7.48. The highest BCUT2D eigenvalue weighted by molar-refractivity contribution is 5.91. The van der Waals surface area contributed by atoms with Gasteiger partial charge in [-0.1, -0.05) is 42.5 Å². The number of benzene rings is 3. The highest BCUT2D eigenvalue weighted by atomic mass is 16.5. The van der Waals surface area contributed by atoms with E-state index in [1.165, 1.54) is 0 Å². The van der Waals surface area contributed by atoms with E-state index in [0.717, 1.165) is 33.9 Å². The molecule has 0 radical (unpaired) electrons. The zero-order valence-electron chi connectivity index (χ0n) is 18.6. The first-order valence-corrected chi connectivity index (χ1v) is 10.9. The highest BCUT2D eigenvalue weighted by Gasteiger charge is 2.11. The standard InChI is InChI=1S/C27H27N3O3/c1-32-22-12-14-23(15-13-22)33-20-19-30-25-10-6-5-9-24(25)29-26(30)17-18-28-27(31)16-11-21-7-3-2-4-8-21/h2-16H,17-20H2,1H3,(H,28,31)/b16-11+. The Balaban J connectivity index is 1.36. The monoisotopic (exact) mass is 441 g/mol. The summed E-state index contributed by atoms with van der Waals surface area (Å²) in [4.78, 5) is 17.0. The Hall–Kier alpha value is -4.06. The Bertz CT molecular complexity index is 1210. The number of hydrogen-bond donors (Lipinski definition) is 1. The van der Waals surface area contributed by atoms with Gasteiger partial charge in [0.25, 0.3) is 0 Å². The van der Waals surface area contributed by atoms with Crippen molar-refractivity contribution in [2.24, 2.45) is 0 Å². The van der Waals surface area contributed by atoms with Crippen molar-refractivity contribution in [2.45, 2.75) is 13.0 Å². The number of imidazole rings is 1. The molecule has 1 heterocycles. The molecule has 0 saturated heterocycles. The van der Waals surface area contributed by atoms with E-state index >= 15 is 0 Å². The van der Waals surface area contributed by atoms with Gasteiger partial charge in [0, 0.05) is 19.0 Å². The fraction of sp³-hybridized carbons (Fsp3) is 0.185. The Labute approximate surface area is 193 Å². The molecule has 6 nitrogen and oxygen atoms in total. The van der Waals surface area contributed by atoms with Gasteiger partial charge >= 0.3 is 0 Å². The van der Waals surface area contributed by atoms with Gasteiger partial charge in [-0.3, -0.25) is 4.79 Å². The molecule has 168 valence electrons. The number of fused-ring (bicyclic) bond motifs is 1. The lowest BCUT2D eigenvalue weighted by Gasteiger charge is -2.11. The predicted octanol–water partition coefficient (Wildman–Crippen LogP) is 4.50. The third-order valence-electron chi connectivity index (χ3n) is 5.25. The molecular weight excluding hydrogens is 414 g/mol. The van der Waals surface area contributed by atoms with Gasteiger partial charge in [0.1, 0.15) is 23.9 Å². The number of nitrogens with one attached hydrogen (secondary N) is 1. The zero-order chi connectivity index (χ0) is 22.9. The fourth-order valence-corrected chi connectivity index (χ4v) is 3.58. The van der Waals surface area contributed by atoms with Crippen molar-refractivity contribution < 1.29 is 14.3 Å². The molecule has 0 saturated carbocycles. The topological polar surface area (TPSA) is 65.4 Å². The highest BCUT2D eigenvalue weighted by Crippen LogP contribution is 2.19. The van der Waals surface area contributed by atoms with Crippen LogP contribution in [-0.4, -0.2) is 35.7 Å². The molecule has 0 aliphatic carbocycles. The number of aromatic nitrogens is 2. The van der Waals surface area contributed by atoms with Gasteiger partial charge in [0.05, 0.1) is 24.7 Å². The number of nitrogens with zero attached hydrogens (tertiary/aromatic N) is 2. The molecule has 4 aromatic rings. The smallest absolute Gasteiger partial charge is 0.244 e. The van der Waals surface area contributed by atoms with Crippen LogP contribution in [0.4, 0.5) is 0 Å². The molecule has 0 fully saturated rings. The van der Waals surface area contributed by atoms with Gasteiger partial charge in [-0.2, -0.15) is 0 Å². The van der Waals surface area contributed by atoms with E-state index in [2.05, 4.69) is 16.0 Å². The summed E-state index contributed by atoms with van der Waals surface area (Å²) in [5, 5.41) is 2.94. The summed E-state index contributed by atoms with van der Waals surface area (Å²) in [5.74, 6) is 2.39. The molecular formula is C27H27N3O3. The number of ether oxygens (including phenoxy) is 2. The Morgan fingerprint density at radius 1 is 0.970 bits per heavy atom. The normalized spacial score (nSPS) is 11.1. The van der Waals surface area contributed by atoms with Crippen molar-refractivity contribution in [3.63, 3.8) is 0 Å². The van der Waals surface area contributed by atoms with E-state index < -0.39 is 0 Å². The van der Waals surface area contributed by atoms with Crippen LogP contribution in [0.2, 0.25) is 0 Å². The molecule has 3 aromatic carbocycles. The summed E-state index contributed by atoms with van der Waals surface area (Å²) >= 11 is 0. The van der Waals surface area contributed by atoms with E-state index in [4.69, 9.17) is 14.5 Å². The predicted molar refractivity (Wildman–Crippen MR) is 130 cm³/mol. The van der Waals surface area contributed by atoms with E-state index in [9.17, 15) is 4.79 Å². The zero-order valence-corrected chi connectivity index (χ0v) is 18.6. The summed E-state index contributed by atoms with van der Waals surface area (Å²) < 4.78 is 13.3. The third kappa shape index (κ3) is 6.01. The average Bonchev–Trinajstić information content (AvgIpc) is 3.21. The molecule has 6 heteroatoms. The minimum Gasteiger partial charge on any atom is -0.497 e. The Morgan fingerprint density at radius 3 is 2.48 bits per heavy atom. The van der Waals surface area contributed by atoms with Crippen LogP contribution in [0.5, 0.6) is 11.5 Å². The molecule has 33 heavy (non-hydrogen) atoms. The van der Waals surface area contributed by atoms with Crippen molar-refractivity contribution in [1.82, 2.24) is 14.9 Å². The Kier molecular flexibility index (Phi) is 7.38. The molecule has 0 aliphatic heterocycles. The summed E-state index contributed by atoms with van der Waals surface area (Å²) in [6, 6.07) is 25.3. The second-order valence-corrected chi connectivity index (χ2v) is 7.48. The molecule has 0 bridgehead atoms. The lowest BCUT2D eigenvalue weighted by atomic mass is 10.2. The molecule has 0 aliphatic rings. The van der Waals surface area contributed by atoms with Crippen LogP contribution in [0.1, 0.15) is 11.4 Å². The van der Waals surface area contributed by atoms with Crippen molar-refractivity contribution >= 4 is 23.0 Å². The van der Waals surface area contributed by atoms with E-state index in [-0.39, 0.29) is 5.91 Å². The average molecular weight is 442 g/mol. The second kappa shape index (κ2) is 11.0. The molecule has 4 rings (SSSR count). The van der Waals surface area contributed by atoms with Crippen LogP contribution < -0.4 is 14.8 Å². The van der Waals surface area contributed by atoms with Crippen LogP contribution in [0.25, 0.3) is 17.1 Å². The van der Waals surface area contributed by atoms with Crippen LogP contribution >= 0.6 is 0 Å². The van der Waals surface area contributed by atoms with Crippen LogP contribution in [-0.2, 0) is 17.8 Å². The lowest BCUT2D eigenvalue weighted by Crippen LogP contribution is -2.25. The fourth-order valence-electron chi connectivity index (χ4n) is 3.58. The van der Waals surface area contributed by atoms with Crippen molar-refractivity contribution in [1.29, 1.82) is 0 Å². The van der Waals surface area contributed by atoms with Crippen molar-refractivity contribution in [3.8, 4) is 11.5 Å². The molecule has 0 spiro atoms. The first-order valence-electron chi connectivity index (χ1n) is 10.9. The summed E-state index contributed by atoms with van der Waals surface area (Å²) in [6.45, 7) is 1.66. The number of carbonyl (C=O) groups excluding carboxylic acids is 1. The minimum absolute atomic E-state index is 0.121. The lowest BCUT2D eigenvalue weighted by molar-refractivity contribution is -0.116. The molecule has 1 N–H and O–H groups in total. The van der Waals surface area contributed by atoms with E-state index in [1.807, 2.05) is 72.8 Å². The molecule has 0 atom stereocenters. The maximum Gasteiger partial charge on any atom is 0.244 e. The largest absolute Gasteiger partial charge is 0.497 e. The SMILES string of the molecule is COc1ccc(OCCn2c(CCNC(=O)/C=C/c3ccccc3)nc3ccccc32)cc1. The maximum absolute atomic E-state index is 12.2. The summed E-state index contributed by atoms with van der Waals surface area (Å²) in [5.41, 5.74) is 2.99. The van der Waals surface area contributed by atoms with Gasteiger partial charge in [0.2, 0.25) is 5.91 Å². The van der Waals surface area contributed by atoms with E-state index in [0.29, 0.717) is 26.1 Å². The first kappa shape index (κ1) is 22.1. The number of methoxy groups -OCH3 is 1. The first-order chi connectivity index (χ1) is 16.2. The molecule has 1 amide bonds. The van der Waals surface area contributed by atoms with Gasteiger partial charge < -0.3 is 19.4 Å². The van der Waals surface area contributed by atoms with Crippen molar-refractivity contribution in [2.75, 3.05) is 20.3 Å². The minimum atomic E-state index is -0.121. The van der Waals surface area contributed by atoms with Crippen LogP contribution in [0, 0.1) is 0 Å². The summed E-state index contributed by atoms with van der Waals surface area (Å²) in [7, 11) is 1.64. The van der Waals surface area contributed by atoms with Crippen LogP contribution in [0.3, 0.4) is 0 Å². The van der Waals surface area contributed by atoms with Gasteiger partial charge in [0.15, 0.2) is 0 Å². The number of hydrogen-bond acceptors (Lipinski definition) is 4.